The summed E-state index contributed by atoms with van der Waals surface area (Å²) in [4.78, 5) is 26.5. The van der Waals surface area contributed by atoms with Crippen molar-refractivity contribution in [2.24, 2.45) is 5.10 Å². The molecule has 154 valence electrons. The highest BCUT2D eigenvalue weighted by molar-refractivity contribution is 6.05. The molecule has 0 aromatic heterocycles. The van der Waals surface area contributed by atoms with Gasteiger partial charge in [-0.05, 0) is 47.5 Å². The first-order chi connectivity index (χ1) is 14.4. The summed E-state index contributed by atoms with van der Waals surface area (Å²) in [7, 11) is 3.92. The largest absolute Gasteiger partial charge is 0.378 e. The van der Waals surface area contributed by atoms with Crippen LogP contribution in [0.5, 0.6) is 0 Å². The van der Waals surface area contributed by atoms with Crippen LogP contribution in [0.4, 0.5) is 11.4 Å². The Morgan fingerprint density at radius 2 is 1.60 bits per heavy atom. The van der Waals surface area contributed by atoms with E-state index < -0.39 is 0 Å². The van der Waals surface area contributed by atoms with E-state index in [4.69, 9.17) is 0 Å². The second-order valence-electron chi connectivity index (χ2n) is 7.36. The Hall–Kier alpha value is -3.67. The van der Waals surface area contributed by atoms with Gasteiger partial charge < -0.3 is 10.2 Å². The predicted molar refractivity (Wildman–Crippen MR) is 123 cm³/mol. The van der Waals surface area contributed by atoms with Gasteiger partial charge in [-0.3, -0.25) is 9.59 Å². The van der Waals surface area contributed by atoms with Gasteiger partial charge in [0.25, 0.3) is 0 Å². The molecule has 2 N–H and O–H groups in total. The van der Waals surface area contributed by atoms with Crippen molar-refractivity contribution in [1.82, 2.24) is 5.43 Å². The molecule has 0 heterocycles. The smallest absolute Gasteiger partial charge is 0.244 e. The zero-order valence-electron chi connectivity index (χ0n) is 17.5. The Kier molecular flexibility index (Phi) is 6.80. The van der Waals surface area contributed by atoms with E-state index in [9.17, 15) is 9.59 Å². The van der Waals surface area contributed by atoms with E-state index in [1.165, 1.54) is 0 Å². The van der Waals surface area contributed by atoms with Gasteiger partial charge in [0.1, 0.15) is 0 Å². The molecule has 0 spiro atoms. The maximum Gasteiger partial charge on any atom is 0.244 e. The van der Waals surface area contributed by atoms with Crippen LogP contribution < -0.4 is 15.6 Å². The quantitative estimate of drug-likeness (QED) is 0.464. The summed E-state index contributed by atoms with van der Waals surface area (Å²) in [5.74, 6) is -0.400. The number of hydrazone groups is 1. The van der Waals surface area contributed by atoms with E-state index in [0.717, 1.165) is 27.7 Å². The van der Waals surface area contributed by atoms with E-state index >= 15 is 0 Å². The molecule has 0 bridgehead atoms. The minimum Gasteiger partial charge on any atom is -0.378 e. The van der Waals surface area contributed by atoms with Crippen molar-refractivity contribution in [3.8, 4) is 0 Å². The number of rotatable bonds is 7. The van der Waals surface area contributed by atoms with Gasteiger partial charge in [0.2, 0.25) is 11.8 Å². The van der Waals surface area contributed by atoms with Crippen LogP contribution in [0.15, 0.2) is 71.8 Å². The first kappa shape index (κ1) is 21.0. The van der Waals surface area contributed by atoms with Crippen LogP contribution >= 0.6 is 0 Å². The molecule has 2 amide bonds. The normalized spacial score (nSPS) is 11.2. The van der Waals surface area contributed by atoms with E-state index in [1.807, 2.05) is 85.7 Å². The van der Waals surface area contributed by atoms with Crippen LogP contribution in [0.3, 0.4) is 0 Å². The van der Waals surface area contributed by atoms with E-state index in [2.05, 4.69) is 15.8 Å². The molecule has 3 aromatic carbocycles. The number of benzene rings is 3. The number of anilines is 2. The number of carbonyl (C=O) groups is 2. The molecular weight excluding hydrogens is 376 g/mol. The number of nitrogens with zero attached hydrogens (tertiary/aromatic N) is 2. The van der Waals surface area contributed by atoms with Crippen LogP contribution in [0.1, 0.15) is 18.9 Å². The lowest BCUT2D eigenvalue weighted by Gasteiger charge is -2.13. The van der Waals surface area contributed by atoms with Crippen LogP contribution in [0.25, 0.3) is 10.8 Å². The zero-order valence-corrected chi connectivity index (χ0v) is 17.5. The molecule has 0 atom stereocenters. The summed E-state index contributed by atoms with van der Waals surface area (Å²) in [6.45, 7) is 1.72. The van der Waals surface area contributed by atoms with Crippen molar-refractivity contribution in [3.63, 3.8) is 0 Å². The maximum absolute atomic E-state index is 12.3. The fourth-order valence-electron chi connectivity index (χ4n) is 3.14. The topological polar surface area (TPSA) is 73.8 Å². The zero-order chi connectivity index (χ0) is 21.5. The standard InChI is InChI=1S/C24H26N4O2/c1-17(15-23(29)25-20-11-13-21(14-12-20)28(2)3)26-27-24(30)16-19-9-6-8-18-7-4-5-10-22(18)19/h4-14H,15-16H2,1-3H3,(H,25,29)(H,27,30)/b26-17+. The molecule has 0 saturated carbocycles. The number of nitrogens with one attached hydrogen (secondary N) is 2. The van der Waals surface area contributed by atoms with Gasteiger partial charge in [-0.2, -0.15) is 5.10 Å². The Labute approximate surface area is 176 Å². The molecule has 6 heteroatoms. The predicted octanol–water partition coefficient (Wildman–Crippen LogP) is 3.97. The first-order valence-corrected chi connectivity index (χ1v) is 9.78. The Morgan fingerprint density at radius 3 is 2.33 bits per heavy atom. The van der Waals surface area contributed by atoms with Crippen molar-refractivity contribution in [3.05, 3.63) is 72.3 Å². The number of hydrogen-bond donors (Lipinski definition) is 2. The highest BCUT2D eigenvalue weighted by Crippen LogP contribution is 2.19. The summed E-state index contributed by atoms with van der Waals surface area (Å²) >= 11 is 0. The highest BCUT2D eigenvalue weighted by Gasteiger charge is 2.08. The summed E-state index contributed by atoms with van der Waals surface area (Å²) in [5.41, 5.74) is 5.80. The summed E-state index contributed by atoms with van der Waals surface area (Å²) < 4.78 is 0. The van der Waals surface area contributed by atoms with Crippen molar-refractivity contribution in [1.29, 1.82) is 0 Å². The van der Waals surface area contributed by atoms with Crippen LogP contribution in [0, 0.1) is 0 Å². The SMILES string of the molecule is C/C(CC(=O)Nc1ccc(N(C)C)cc1)=N\NC(=O)Cc1cccc2ccccc12. The fourth-order valence-corrected chi connectivity index (χ4v) is 3.14. The molecule has 30 heavy (non-hydrogen) atoms. The summed E-state index contributed by atoms with van der Waals surface area (Å²) in [5, 5.41) is 9.05. The Morgan fingerprint density at radius 1 is 0.900 bits per heavy atom. The number of carbonyl (C=O) groups excluding carboxylic acids is 2. The fraction of sp³-hybridized carbons (Fsp3) is 0.208. The van der Waals surface area contributed by atoms with Gasteiger partial charge in [-0.15, -0.1) is 0 Å². The van der Waals surface area contributed by atoms with E-state index in [0.29, 0.717) is 5.71 Å². The molecular formula is C24H26N4O2. The molecule has 0 saturated heterocycles. The second-order valence-corrected chi connectivity index (χ2v) is 7.36. The molecule has 0 aliphatic heterocycles. The summed E-state index contributed by atoms with van der Waals surface area (Å²) in [6, 6.07) is 21.4. The summed E-state index contributed by atoms with van der Waals surface area (Å²) in [6.07, 6.45) is 0.326. The molecule has 0 aliphatic carbocycles. The number of hydrogen-bond acceptors (Lipinski definition) is 4. The van der Waals surface area contributed by atoms with Crippen molar-refractivity contribution >= 4 is 39.7 Å². The first-order valence-electron chi connectivity index (χ1n) is 9.78. The van der Waals surface area contributed by atoms with Crippen LogP contribution in [-0.4, -0.2) is 31.6 Å². The van der Waals surface area contributed by atoms with Gasteiger partial charge in [-0.1, -0.05) is 42.5 Å². The third-order valence-electron chi connectivity index (χ3n) is 4.69. The Balaban J connectivity index is 1.52. The van der Waals surface area contributed by atoms with Crippen molar-refractivity contribution < 1.29 is 9.59 Å². The van der Waals surface area contributed by atoms with Gasteiger partial charge in [0.15, 0.2) is 0 Å². The van der Waals surface area contributed by atoms with Gasteiger partial charge in [0.05, 0.1) is 12.8 Å². The third-order valence-corrected chi connectivity index (χ3v) is 4.69. The van der Waals surface area contributed by atoms with Gasteiger partial charge in [-0.25, -0.2) is 5.43 Å². The molecule has 0 unspecified atom stereocenters. The van der Waals surface area contributed by atoms with Crippen molar-refractivity contribution in [2.75, 3.05) is 24.3 Å². The van der Waals surface area contributed by atoms with Crippen molar-refractivity contribution in [2.45, 2.75) is 19.8 Å². The maximum atomic E-state index is 12.3. The van der Waals surface area contributed by atoms with E-state index in [1.54, 1.807) is 6.92 Å². The minimum absolute atomic E-state index is 0.101. The monoisotopic (exact) mass is 402 g/mol. The molecule has 3 rings (SSSR count). The number of amides is 2. The molecule has 0 fully saturated rings. The lowest BCUT2D eigenvalue weighted by molar-refractivity contribution is -0.120. The lowest BCUT2D eigenvalue weighted by Crippen LogP contribution is -2.23. The molecule has 3 aromatic rings. The molecule has 6 nitrogen and oxygen atoms in total. The lowest BCUT2D eigenvalue weighted by atomic mass is 10.0. The molecule has 0 aliphatic rings. The Bertz CT molecular complexity index is 1070. The second kappa shape index (κ2) is 9.69. The van der Waals surface area contributed by atoms with E-state index in [-0.39, 0.29) is 24.7 Å². The third kappa shape index (κ3) is 5.67. The van der Waals surface area contributed by atoms with Crippen LogP contribution in [0.2, 0.25) is 0 Å². The number of fused-ring (bicyclic) bond motifs is 1. The van der Waals surface area contributed by atoms with Gasteiger partial charge >= 0.3 is 0 Å². The molecule has 0 radical (unpaired) electrons. The minimum atomic E-state index is -0.217. The average molecular weight is 402 g/mol. The van der Waals surface area contributed by atoms with Crippen LogP contribution in [-0.2, 0) is 16.0 Å². The average Bonchev–Trinajstić information content (AvgIpc) is 2.73. The highest BCUT2D eigenvalue weighted by atomic mass is 16.2. The van der Waals surface area contributed by atoms with Gasteiger partial charge in [0, 0.05) is 31.2 Å².